The smallest absolute Gasteiger partial charge is 0.268 e. The lowest BCUT2D eigenvalue weighted by molar-refractivity contribution is -0.870. The monoisotopic (exact) mass is 1010 g/mol. The van der Waals surface area contributed by atoms with Crippen LogP contribution < -0.4 is 10.2 Å². The molecule has 71 heavy (non-hydrogen) atoms. The molecule has 0 heterocycles. The van der Waals surface area contributed by atoms with Crippen molar-refractivity contribution in [1.82, 2.24) is 5.32 Å². The molecule has 1 amide bonds. The molecule has 3 unspecified atom stereocenters. The van der Waals surface area contributed by atoms with Crippen LogP contribution in [0.1, 0.15) is 251 Å². The van der Waals surface area contributed by atoms with Gasteiger partial charge in [-0.3, -0.25) is 9.36 Å². The van der Waals surface area contributed by atoms with Crippen LogP contribution in [0.15, 0.2) is 85.1 Å². The zero-order chi connectivity index (χ0) is 52.0. The summed E-state index contributed by atoms with van der Waals surface area (Å²) in [6.45, 7) is 4.61. The summed E-state index contributed by atoms with van der Waals surface area (Å²) in [5.41, 5.74) is 0. The molecule has 0 radical (unpaired) electrons. The van der Waals surface area contributed by atoms with Gasteiger partial charge in [0.25, 0.3) is 7.82 Å². The quantitative estimate of drug-likeness (QED) is 0.0272. The third-order valence-electron chi connectivity index (χ3n) is 12.9. The topological polar surface area (TPSA) is 108 Å². The minimum Gasteiger partial charge on any atom is -0.756 e. The van der Waals surface area contributed by atoms with Crippen LogP contribution in [0.4, 0.5) is 0 Å². The minimum absolute atomic E-state index is 0.00391. The van der Waals surface area contributed by atoms with E-state index in [0.717, 1.165) is 103 Å². The number of unbranched alkanes of at least 4 members (excludes halogenated alkanes) is 26. The average molecular weight is 1010 g/mol. The van der Waals surface area contributed by atoms with Crippen molar-refractivity contribution < 1.29 is 32.9 Å². The Morgan fingerprint density at radius 1 is 0.507 bits per heavy atom. The standard InChI is InChI=1S/C62H113N2O6P/c1-6-8-10-12-14-16-18-20-22-24-26-28-30-31-32-33-34-36-38-40-42-44-46-48-50-52-54-56-62(66)63-60(59-70-71(67,68)69-58-57-64(3,4)5)61(65)55-53-51-49-47-45-43-41-39-37-35-29-27-25-23-21-19-17-15-13-11-9-7-2/h8,10,14,16,20,22,26,28,31-32,34,36,40,42,60-61,65H,6-7,9,11-13,15,17-19,21,23-25,27,29-30,33,35,37-39,41,43-59H2,1-5H3,(H-,63,66,67,68)/b10-8-,16-14-,22-20-,28-26-,32-31-,36-34-,42-40-. The van der Waals surface area contributed by atoms with Gasteiger partial charge in [0.2, 0.25) is 5.91 Å². The Balaban J connectivity index is 4.25. The maximum absolute atomic E-state index is 13.0. The Morgan fingerprint density at radius 2 is 0.859 bits per heavy atom. The van der Waals surface area contributed by atoms with E-state index in [-0.39, 0.29) is 19.1 Å². The molecule has 0 aliphatic carbocycles. The molecule has 0 spiro atoms. The van der Waals surface area contributed by atoms with Crippen molar-refractivity contribution in [1.29, 1.82) is 0 Å². The number of aliphatic hydroxyl groups excluding tert-OH is 1. The number of nitrogens with zero attached hydrogens (tertiary/aromatic N) is 1. The highest BCUT2D eigenvalue weighted by molar-refractivity contribution is 7.45. The van der Waals surface area contributed by atoms with E-state index in [0.29, 0.717) is 23.9 Å². The highest BCUT2D eigenvalue weighted by Gasteiger charge is 2.24. The second kappa shape index (κ2) is 52.5. The third kappa shape index (κ3) is 55.3. The molecule has 0 aliphatic rings. The molecule has 0 bridgehead atoms. The van der Waals surface area contributed by atoms with Gasteiger partial charge in [0.05, 0.1) is 39.9 Å². The van der Waals surface area contributed by atoms with Crippen molar-refractivity contribution in [2.45, 2.75) is 264 Å². The number of carbonyl (C=O) groups is 1. The van der Waals surface area contributed by atoms with Crippen molar-refractivity contribution in [2.24, 2.45) is 0 Å². The molecule has 0 saturated carbocycles. The van der Waals surface area contributed by atoms with Crippen molar-refractivity contribution in [2.75, 3.05) is 40.9 Å². The van der Waals surface area contributed by atoms with Crippen LogP contribution >= 0.6 is 7.82 Å². The molecular formula is C62H113N2O6P. The summed E-state index contributed by atoms with van der Waals surface area (Å²) in [6.07, 6.45) is 73.2. The van der Waals surface area contributed by atoms with E-state index >= 15 is 0 Å². The zero-order valence-corrected chi connectivity index (χ0v) is 47.8. The lowest BCUT2D eigenvalue weighted by atomic mass is 10.0. The molecule has 0 saturated heterocycles. The van der Waals surface area contributed by atoms with E-state index in [1.807, 2.05) is 21.1 Å². The molecule has 9 heteroatoms. The Hall–Kier alpha value is -2.32. The van der Waals surface area contributed by atoms with E-state index in [9.17, 15) is 19.4 Å². The highest BCUT2D eigenvalue weighted by Crippen LogP contribution is 2.38. The zero-order valence-electron chi connectivity index (χ0n) is 46.9. The highest BCUT2D eigenvalue weighted by atomic mass is 31.2. The second-order valence-electron chi connectivity index (χ2n) is 21.0. The number of phosphoric ester groups is 1. The van der Waals surface area contributed by atoms with Gasteiger partial charge in [-0.2, -0.15) is 0 Å². The first-order chi connectivity index (χ1) is 34.5. The maximum atomic E-state index is 13.0. The van der Waals surface area contributed by atoms with Crippen LogP contribution in [-0.2, 0) is 18.4 Å². The number of hydrogen-bond donors (Lipinski definition) is 2. The lowest BCUT2D eigenvalue weighted by Crippen LogP contribution is -2.46. The van der Waals surface area contributed by atoms with Gasteiger partial charge in [-0.05, 0) is 70.6 Å². The molecule has 0 aromatic carbocycles. The molecule has 0 fully saturated rings. The summed E-state index contributed by atoms with van der Waals surface area (Å²) in [6, 6.07) is -0.818. The van der Waals surface area contributed by atoms with Crippen LogP contribution in [0.2, 0.25) is 0 Å². The first-order valence-corrected chi connectivity index (χ1v) is 30.9. The van der Waals surface area contributed by atoms with E-state index in [1.165, 1.54) is 122 Å². The first-order valence-electron chi connectivity index (χ1n) is 29.4. The Bertz CT molecular complexity index is 1430. The van der Waals surface area contributed by atoms with E-state index in [1.54, 1.807) is 0 Å². The minimum atomic E-state index is -4.59. The van der Waals surface area contributed by atoms with Gasteiger partial charge in [-0.1, -0.05) is 259 Å². The predicted molar refractivity (Wildman–Crippen MR) is 307 cm³/mol. The number of likely N-dealkylation sites (N-methyl/N-ethyl adjacent to an activating group) is 1. The predicted octanol–water partition coefficient (Wildman–Crippen LogP) is 17.4. The molecule has 0 rings (SSSR count). The van der Waals surface area contributed by atoms with Gasteiger partial charge < -0.3 is 28.8 Å². The number of carbonyl (C=O) groups excluding carboxylic acids is 1. The van der Waals surface area contributed by atoms with Crippen molar-refractivity contribution in [3.63, 3.8) is 0 Å². The van der Waals surface area contributed by atoms with Crippen LogP contribution in [0.25, 0.3) is 0 Å². The maximum Gasteiger partial charge on any atom is 0.268 e. The molecule has 0 aromatic rings. The van der Waals surface area contributed by atoms with Crippen LogP contribution in [0.5, 0.6) is 0 Å². The fraction of sp³-hybridized carbons (Fsp3) is 0.758. The molecule has 0 aliphatic heterocycles. The number of phosphoric acid groups is 1. The normalized spacial score (nSPS) is 14.5. The van der Waals surface area contributed by atoms with E-state index < -0.39 is 20.0 Å². The molecule has 8 nitrogen and oxygen atoms in total. The number of amides is 1. The van der Waals surface area contributed by atoms with Crippen LogP contribution in [-0.4, -0.2) is 68.5 Å². The molecular weight excluding hydrogens is 900 g/mol. The fourth-order valence-electron chi connectivity index (χ4n) is 8.32. The summed E-state index contributed by atoms with van der Waals surface area (Å²) in [7, 11) is 1.28. The lowest BCUT2D eigenvalue weighted by Gasteiger charge is -2.30. The number of aliphatic hydroxyl groups is 1. The van der Waals surface area contributed by atoms with E-state index in [4.69, 9.17) is 9.05 Å². The van der Waals surface area contributed by atoms with Crippen LogP contribution in [0, 0.1) is 0 Å². The Morgan fingerprint density at radius 3 is 1.25 bits per heavy atom. The van der Waals surface area contributed by atoms with Crippen molar-refractivity contribution in [3.05, 3.63) is 85.1 Å². The molecule has 412 valence electrons. The molecule has 3 atom stereocenters. The number of allylic oxidation sites excluding steroid dienone is 14. The van der Waals surface area contributed by atoms with Gasteiger partial charge >= 0.3 is 0 Å². The van der Waals surface area contributed by atoms with Gasteiger partial charge in [0.1, 0.15) is 13.2 Å². The van der Waals surface area contributed by atoms with Gasteiger partial charge in [-0.25, -0.2) is 0 Å². The fourth-order valence-corrected chi connectivity index (χ4v) is 9.04. The molecule has 2 N–H and O–H groups in total. The largest absolute Gasteiger partial charge is 0.756 e. The van der Waals surface area contributed by atoms with Crippen molar-refractivity contribution >= 4 is 13.7 Å². The van der Waals surface area contributed by atoms with Crippen molar-refractivity contribution in [3.8, 4) is 0 Å². The average Bonchev–Trinajstić information content (AvgIpc) is 3.33. The summed E-state index contributed by atoms with van der Waals surface area (Å²) in [4.78, 5) is 25.6. The Kier molecular flexibility index (Phi) is 50.8. The van der Waals surface area contributed by atoms with Gasteiger partial charge in [0.15, 0.2) is 0 Å². The summed E-state index contributed by atoms with van der Waals surface area (Å²) < 4.78 is 23.4. The second-order valence-corrected chi connectivity index (χ2v) is 22.4. The summed E-state index contributed by atoms with van der Waals surface area (Å²) in [5.74, 6) is -0.184. The van der Waals surface area contributed by atoms with Gasteiger partial charge in [-0.15, -0.1) is 0 Å². The third-order valence-corrected chi connectivity index (χ3v) is 13.9. The number of nitrogens with one attached hydrogen (secondary N) is 1. The van der Waals surface area contributed by atoms with E-state index in [2.05, 4.69) is 104 Å². The molecule has 0 aromatic heterocycles. The van der Waals surface area contributed by atoms with Crippen LogP contribution in [0.3, 0.4) is 0 Å². The Labute approximate surface area is 439 Å². The number of rotatable bonds is 53. The number of hydrogen-bond acceptors (Lipinski definition) is 6. The summed E-state index contributed by atoms with van der Waals surface area (Å²) >= 11 is 0. The SMILES string of the molecule is CC/C=C\C/C=C\C/C=C\C/C=C\C/C=C\C/C=C\C/C=C\CCCCCCCC(=O)NC(COP(=O)([O-])OCC[N+](C)(C)C)C(O)CCCCCCCCCCCCCCCCCCCCCCCC. The first kappa shape index (κ1) is 68.7. The van der Waals surface area contributed by atoms with Gasteiger partial charge in [0, 0.05) is 6.42 Å². The number of quaternary nitrogens is 1. The summed E-state index contributed by atoms with van der Waals surface area (Å²) in [5, 5.41) is 14.0.